The lowest BCUT2D eigenvalue weighted by molar-refractivity contribution is -0.149. The highest BCUT2D eigenvalue weighted by atomic mass is 16.6. The second-order valence-corrected chi connectivity index (χ2v) is 7.10. The molecule has 0 bridgehead atoms. The number of hydrogen-bond donors (Lipinski definition) is 2. The van der Waals surface area contributed by atoms with E-state index in [0.717, 1.165) is 5.56 Å². The second kappa shape index (κ2) is 5.63. The maximum Gasteiger partial charge on any atom is 0.412 e. The van der Waals surface area contributed by atoms with Crippen molar-refractivity contribution in [2.24, 2.45) is 5.92 Å². The molecule has 120 valence electrons. The van der Waals surface area contributed by atoms with Gasteiger partial charge in [-0.25, -0.2) is 4.79 Å². The minimum Gasteiger partial charge on any atom is -0.481 e. The van der Waals surface area contributed by atoms with Gasteiger partial charge in [-0.1, -0.05) is 19.1 Å². The van der Waals surface area contributed by atoms with E-state index in [1.54, 1.807) is 45.0 Å². The Kier molecular flexibility index (Phi) is 4.18. The third-order valence-corrected chi connectivity index (χ3v) is 3.89. The summed E-state index contributed by atoms with van der Waals surface area (Å²) in [6.45, 7) is 7.44. The van der Waals surface area contributed by atoms with Crippen molar-refractivity contribution in [1.82, 2.24) is 0 Å². The van der Waals surface area contributed by atoms with Crippen LogP contribution in [0.2, 0.25) is 0 Å². The molecule has 1 fully saturated rings. The van der Waals surface area contributed by atoms with Crippen LogP contribution in [0.5, 0.6) is 0 Å². The van der Waals surface area contributed by atoms with Gasteiger partial charge in [0.15, 0.2) is 0 Å². The first kappa shape index (κ1) is 16.3. The van der Waals surface area contributed by atoms with E-state index >= 15 is 0 Å². The Labute approximate surface area is 130 Å². The number of aliphatic carboxylic acids is 1. The Bertz CT molecular complexity index is 565. The molecular formula is C17H23NO4. The second-order valence-electron chi connectivity index (χ2n) is 7.10. The lowest BCUT2D eigenvalue weighted by atomic mass is 9.59. The minimum atomic E-state index is -0.779. The molecule has 0 spiro atoms. The number of carboxylic acid groups (broad SMARTS) is 1. The summed E-state index contributed by atoms with van der Waals surface area (Å²) in [6.07, 6.45) is 0.785. The van der Waals surface area contributed by atoms with E-state index in [2.05, 4.69) is 12.2 Å². The molecule has 0 aromatic heterocycles. The summed E-state index contributed by atoms with van der Waals surface area (Å²) in [7, 11) is 0. The number of nitrogens with one attached hydrogen (secondary N) is 1. The number of carboxylic acids is 1. The molecule has 0 radical (unpaired) electrons. The van der Waals surface area contributed by atoms with Crippen molar-refractivity contribution < 1.29 is 19.4 Å². The first-order valence-electron chi connectivity index (χ1n) is 7.46. The monoisotopic (exact) mass is 305 g/mol. The Morgan fingerprint density at radius 2 is 1.77 bits per heavy atom. The van der Waals surface area contributed by atoms with Crippen molar-refractivity contribution in [1.29, 1.82) is 0 Å². The zero-order valence-electron chi connectivity index (χ0n) is 13.5. The van der Waals surface area contributed by atoms with Crippen LogP contribution in [-0.2, 0) is 14.9 Å². The molecular weight excluding hydrogens is 282 g/mol. The molecule has 0 aliphatic heterocycles. The fourth-order valence-corrected chi connectivity index (χ4v) is 2.96. The van der Waals surface area contributed by atoms with Crippen molar-refractivity contribution >= 4 is 17.7 Å². The summed E-state index contributed by atoms with van der Waals surface area (Å²) in [5, 5.41) is 12.2. The fourth-order valence-electron chi connectivity index (χ4n) is 2.96. The number of hydrogen-bond acceptors (Lipinski definition) is 3. The highest BCUT2D eigenvalue weighted by Gasteiger charge is 2.49. The lowest BCUT2D eigenvalue weighted by Gasteiger charge is -2.43. The van der Waals surface area contributed by atoms with Crippen LogP contribution in [0.4, 0.5) is 10.5 Å². The van der Waals surface area contributed by atoms with Gasteiger partial charge in [-0.2, -0.15) is 0 Å². The molecule has 2 N–H and O–H groups in total. The SMILES string of the molecule is CC1CC(C(=O)O)(c2ccc(NC(=O)OC(C)(C)C)cc2)C1. The topological polar surface area (TPSA) is 75.6 Å². The van der Waals surface area contributed by atoms with Gasteiger partial charge < -0.3 is 9.84 Å². The summed E-state index contributed by atoms with van der Waals surface area (Å²) in [6, 6.07) is 6.97. The van der Waals surface area contributed by atoms with Crippen molar-refractivity contribution in [3.05, 3.63) is 29.8 Å². The van der Waals surface area contributed by atoms with E-state index in [4.69, 9.17) is 4.74 Å². The number of ether oxygens (including phenoxy) is 1. The van der Waals surface area contributed by atoms with Gasteiger partial charge in [0.05, 0.1) is 5.41 Å². The fraction of sp³-hybridized carbons (Fsp3) is 0.529. The molecule has 1 aromatic rings. The first-order valence-corrected chi connectivity index (χ1v) is 7.46. The van der Waals surface area contributed by atoms with Crippen LogP contribution >= 0.6 is 0 Å². The largest absolute Gasteiger partial charge is 0.481 e. The molecule has 0 unspecified atom stereocenters. The number of amides is 1. The van der Waals surface area contributed by atoms with Gasteiger partial charge in [0.1, 0.15) is 5.60 Å². The average molecular weight is 305 g/mol. The summed E-state index contributed by atoms with van der Waals surface area (Å²) >= 11 is 0. The Hall–Kier alpha value is -2.04. The van der Waals surface area contributed by atoms with Gasteiger partial charge in [0, 0.05) is 5.69 Å². The zero-order chi connectivity index (χ0) is 16.5. The van der Waals surface area contributed by atoms with E-state index in [9.17, 15) is 14.7 Å². The normalized spacial score (nSPS) is 24.3. The van der Waals surface area contributed by atoms with Crippen LogP contribution in [0, 0.1) is 5.92 Å². The van der Waals surface area contributed by atoms with E-state index in [-0.39, 0.29) is 0 Å². The van der Waals surface area contributed by atoms with E-state index in [1.165, 1.54) is 0 Å². The summed E-state index contributed by atoms with van der Waals surface area (Å²) < 4.78 is 5.18. The van der Waals surface area contributed by atoms with Crippen LogP contribution in [0.1, 0.15) is 46.1 Å². The molecule has 5 heteroatoms. The van der Waals surface area contributed by atoms with Crippen LogP contribution in [0.3, 0.4) is 0 Å². The number of benzene rings is 1. The third-order valence-electron chi connectivity index (χ3n) is 3.89. The molecule has 0 atom stereocenters. The van der Waals surface area contributed by atoms with Crippen LogP contribution in [0.25, 0.3) is 0 Å². The third kappa shape index (κ3) is 3.40. The summed E-state index contributed by atoms with van der Waals surface area (Å²) in [4.78, 5) is 23.3. The van der Waals surface area contributed by atoms with Gasteiger partial charge in [-0.15, -0.1) is 0 Å². The quantitative estimate of drug-likeness (QED) is 0.891. The molecule has 1 saturated carbocycles. The maximum atomic E-state index is 11.7. The molecule has 1 aliphatic rings. The average Bonchev–Trinajstić information content (AvgIpc) is 2.33. The predicted molar refractivity (Wildman–Crippen MR) is 84.0 cm³/mol. The maximum absolute atomic E-state index is 11.7. The first-order chi connectivity index (χ1) is 10.1. The van der Waals surface area contributed by atoms with E-state index in [0.29, 0.717) is 24.4 Å². The molecule has 22 heavy (non-hydrogen) atoms. The van der Waals surface area contributed by atoms with Gasteiger partial charge in [0.25, 0.3) is 0 Å². The molecule has 1 amide bonds. The number of rotatable bonds is 3. The van der Waals surface area contributed by atoms with E-state index in [1.807, 2.05) is 0 Å². The van der Waals surface area contributed by atoms with Gasteiger partial charge in [0.2, 0.25) is 0 Å². The Balaban J connectivity index is 2.08. The van der Waals surface area contributed by atoms with Crippen LogP contribution in [0.15, 0.2) is 24.3 Å². The van der Waals surface area contributed by atoms with Crippen molar-refractivity contribution in [3.63, 3.8) is 0 Å². The summed E-state index contributed by atoms with van der Waals surface area (Å²) in [5.74, 6) is -0.353. The Morgan fingerprint density at radius 3 is 2.18 bits per heavy atom. The molecule has 0 saturated heterocycles. The molecule has 1 aromatic carbocycles. The van der Waals surface area contributed by atoms with Crippen LogP contribution < -0.4 is 5.32 Å². The molecule has 1 aliphatic carbocycles. The minimum absolute atomic E-state index is 0.427. The van der Waals surface area contributed by atoms with Crippen molar-refractivity contribution in [2.45, 2.75) is 51.6 Å². The Morgan fingerprint density at radius 1 is 1.23 bits per heavy atom. The van der Waals surface area contributed by atoms with E-state index < -0.39 is 23.1 Å². The number of anilines is 1. The molecule has 5 nitrogen and oxygen atoms in total. The highest BCUT2D eigenvalue weighted by molar-refractivity contribution is 5.86. The van der Waals surface area contributed by atoms with Crippen molar-refractivity contribution in [3.8, 4) is 0 Å². The van der Waals surface area contributed by atoms with Crippen LogP contribution in [-0.4, -0.2) is 22.8 Å². The number of carbonyl (C=O) groups is 2. The predicted octanol–water partition coefficient (Wildman–Crippen LogP) is 3.79. The van der Waals surface area contributed by atoms with Gasteiger partial charge in [-0.05, 0) is 57.2 Å². The molecule has 2 rings (SSSR count). The zero-order valence-corrected chi connectivity index (χ0v) is 13.5. The number of carbonyl (C=O) groups excluding carboxylic acids is 1. The van der Waals surface area contributed by atoms with Gasteiger partial charge >= 0.3 is 12.1 Å². The standard InChI is InChI=1S/C17H23NO4/c1-11-9-17(10-11,14(19)20)12-5-7-13(8-6-12)18-15(21)22-16(2,3)4/h5-8,11H,9-10H2,1-4H3,(H,18,21)(H,19,20). The summed E-state index contributed by atoms with van der Waals surface area (Å²) in [5.41, 5.74) is 0.0438. The van der Waals surface area contributed by atoms with Crippen molar-refractivity contribution in [2.75, 3.05) is 5.32 Å². The smallest absolute Gasteiger partial charge is 0.412 e. The van der Waals surface area contributed by atoms with Gasteiger partial charge in [-0.3, -0.25) is 10.1 Å². The lowest BCUT2D eigenvalue weighted by Crippen LogP contribution is -2.46. The highest BCUT2D eigenvalue weighted by Crippen LogP contribution is 2.48. The molecule has 0 heterocycles.